The van der Waals surface area contributed by atoms with E-state index in [0.29, 0.717) is 10.8 Å². The summed E-state index contributed by atoms with van der Waals surface area (Å²) in [5, 5.41) is 20.8. The van der Waals surface area contributed by atoms with Crippen LogP contribution in [-0.2, 0) is 17.6 Å². The number of aliphatic carboxylic acids is 1. The van der Waals surface area contributed by atoms with Crippen LogP contribution in [0.2, 0.25) is 0 Å². The van der Waals surface area contributed by atoms with Gasteiger partial charge in [-0.3, -0.25) is 4.79 Å². The van der Waals surface area contributed by atoms with Gasteiger partial charge >= 0.3 is 5.97 Å². The molecule has 3 N–H and O–H groups in total. The lowest BCUT2D eigenvalue weighted by atomic mass is 9.87. The van der Waals surface area contributed by atoms with Gasteiger partial charge in [0.1, 0.15) is 0 Å². The highest BCUT2D eigenvalue weighted by molar-refractivity contribution is 7.14. The van der Waals surface area contributed by atoms with E-state index in [9.17, 15) is 14.7 Å². The monoisotopic (exact) mass is 311 g/mol. The van der Waals surface area contributed by atoms with Crippen molar-refractivity contribution in [1.82, 2.24) is 5.32 Å². The third kappa shape index (κ3) is 3.63. The van der Waals surface area contributed by atoms with Gasteiger partial charge in [0.15, 0.2) is 6.04 Å². The van der Waals surface area contributed by atoms with Gasteiger partial charge in [0.25, 0.3) is 5.91 Å². The molecule has 0 aromatic carbocycles. The van der Waals surface area contributed by atoms with Crippen LogP contribution in [0.15, 0.2) is 6.07 Å². The lowest BCUT2D eigenvalue weighted by Gasteiger charge is -2.19. The summed E-state index contributed by atoms with van der Waals surface area (Å²) < 4.78 is 0. The van der Waals surface area contributed by atoms with Crippen molar-refractivity contribution in [1.29, 1.82) is 0 Å². The molecule has 1 amide bonds. The Morgan fingerprint density at radius 1 is 1.52 bits per heavy atom. The van der Waals surface area contributed by atoms with E-state index in [0.717, 1.165) is 25.7 Å². The summed E-state index contributed by atoms with van der Waals surface area (Å²) in [6, 6.07) is 0.595. The Morgan fingerprint density at radius 3 is 2.81 bits per heavy atom. The van der Waals surface area contributed by atoms with E-state index in [-0.39, 0.29) is 0 Å². The van der Waals surface area contributed by atoms with Crippen molar-refractivity contribution in [2.45, 2.75) is 51.7 Å². The number of thiophene rings is 1. The van der Waals surface area contributed by atoms with Gasteiger partial charge in [0.2, 0.25) is 0 Å². The Labute approximate surface area is 128 Å². The maximum atomic E-state index is 12.2. The van der Waals surface area contributed by atoms with Crippen molar-refractivity contribution in [3.63, 3.8) is 0 Å². The summed E-state index contributed by atoms with van der Waals surface area (Å²) in [5.74, 6) is -0.978. The van der Waals surface area contributed by atoms with Crippen LogP contribution >= 0.6 is 11.3 Å². The molecular weight excluding hydrogens is 290 g/mol. The smallest absolute Gasteiger partial charge is 0.328 e. The standard InChI is InChI=1S/C15H21NO4S/c1-3-9-4-5-11-10(6-9)7-12(21-11)14(18)16-13(8(2)17)15(19)20/h7-9,13,17H,3-6H2,1-2H3,(H,16,18)(H,19,20)/t8-,9?,13+/m1/s1. The molecule has 1 aliphatic rings. The first kappa shape index (κ1) is 16.0. The third-order valence-corrected chi connectivity index (χ3v) is 5.26. The molecule has 1 aromatic rings. The number of amides is 1. The fraction of sp³-hybridized carbons (Fsp3) is 0.600. The minimum Gasteiger partial charge on any atom is -0.480 e. The number of carbonyl (C=O) groups excluding carboxylic acids is 1. The molecule has 0 saturated heterocycles. The van der Waals surface area contributed by atoms with Crippen LogP contribution in [0.3, 0.4) is 0 Å². The zero-order chi connectivity index (χ0) is 15.6. The Kier molecular flexibility index (Phi) is 5.00. The Morgan fingerprint density at radius 2 is 2.24 bits per heavy atom. The number of hydrogen-bond donors (Lipinski definition) is 3. The van der Waals surface area contributed by atoms with Gasteiger partial charge < -0.3 is 15.5 Å². The first-order valence-corrected chi connectivity index (χ1v) is 8.07. The van der Waals surface area contributed by atoms with Gasteiger partial charge in [-0.1, -0.05) is 13.3 Å². The lowest BCUT2D eigenvalue weighted by Crippen LogP contribution is -2.47. The van der Waals surface area contributed by atoms with Crippen LogP contribution in [0.1, 0.15) is 46.8 Å². The van der Waals surface area contributed by atoms with E-state index in [2.05, 4.69) is 12.2 Å². The normalized spacial score (nSPS) is 20.4. The van der Waals surface area contributed by atoms with Crippen molar-refractivity contribution in [2.24, 2.45) is 5.92 Å². The number of rotatable bonds is 5. The molecule has 0 spiro atoms. The van der Waals surface area contributed by atoms with E-state index >= 15 is 0 Å². The van der Waals surface area contributed by atoms with Crippen LogP contribution in [0.25, 0.3) is 0 Å². The van der Waals surface area contributed by atoms with Crippen molar-refractivity contribution in [2.75, 3.05) is 0 Å². The second kappa shape index (κ2) is 6.58. The maximum absolute atomic E-state index is 12.2. The Hall–Kier alpha value is -1.40. The molecule has 21 heavy (non-hydrogen) atoms. The molecule has 0 fully saturated rings. The van der Waals surface area contributed by atoms with E-state index in [1.165, 1.54) is 28.7 Å². The van der Waals surface area contributed by atoms with Crippen LogP contribution < -0.4 is 5.32 Å². The fourth-order valence-electron chi connectivity index (χ4n) is 2.66. The van der Waals surface area contributed by atoms with E-state index in [4.69, 9.17) is 5.11 Å². The molecule has 3 atom stereocenters. The lowest BCUT2D eigenvalue weighted by molar-refractivity contribution is -0.141. The van der Waals surface area contributed by atoms with Crippen LogP contribution in [0, 0.1) is 5.92 Å². The van der Waals surface area contributed by atoms with Crippen molar-refractivity contribution in [3.05, 3.63) is 21.4 Å². The highest BCUT2D eigenvalue weighted by Crippen LogP contribution is 2.33. The van der Waals surface area contributed by atoms with Gasteiger partial charge in [0.05, 0.1) is 11.0 Å². The second-order valence-electron chi connectivity index (χ2n) is 5.61. The van der Waals surface area contributed by atoms with Crippen molar-refractivity contribution < 1.29 is 19.8 Å². The fourth-order valence-corrected chi connectivity index (χ4v) is 3.77. The first-order chi connectivity index (χ1) is 9.92. The molecule has 0 saturated carbocycles. The Bertz CT molecular complexity index is 538. The number of hydrogen-bond acceptors (Lipinski definition) is 4. The van der Waals surface area contributed by atoms with Crippen molar-refractivity contribution >= 4 is 23.2 Å². The predicted molar refractivity (Wildman–Crippen MR) is 80.7 cm³/mol. The molecule has 1 aromatic heterocycles. The topological polar surface area (TPSA) is 86.6 Å². The number of aliphatic hydroxyl groups excluding tert-OH is 1. The molecule has 1 heterocycles. The van der Waals surface area contributed by atoms with E-state index in [1.807, 2.05) is 6.07 Å². The zero-order valence-corrected chi connectivity index (χ0v) is 13.1. The van der Waals surface area contributed by atoms with E-state index in [1.54, 1.807) is 0 Å². The molecule has 0 aliphatic heterocycles. The number of fused-ring (bicyclic) bond motifs is 1. The quantitative estimate of drug-likeness (QED) is 0.774. The maximum Gasteiger partial charge on any atom is 0.328 e. The summed E-state index contributed by atoms with van der Waals surface area (Å²) in [4.78, 5) is 24.9. The van der Waals surface area contributed by atoms with Crippen LogP contribution in [0.5, 0.6) is 0 Å². The van der Waals surface area contributed by atoms with Gasteiger partial charge in [0, 0.05) is 4.88 Å². The Balaban J connectivity index is 2.10. The molecule has 6 heteroatoms. The predicted octanol–water partition coefficient (Wildman–Crippen LogP) is 1.83. The van der Waals surface area contributed by atoms with Gasteiger partial charge in [-0.15, -0.1) is 11.3 Å². The van der Waals surface area contributed by atoms with Gasteiger partial charge in [-0.2, -0.15) is 0 Å². The summed E-state index contributed by atoms with van der Waals surface area (Å²) in [7, 11) is 0. The minimum atomic E-state index is -1.28. The summed E-state index contributed by atoms with van der Waals surface area (Å²) >= 11 is 1.43. The third-order valence-electron chi connectivity index (χ3n) is 4.02. The van der Waals surface area contributed by atoms with Crippen LogP contribution in [-0.4, -0.2) is 34.2 Å². The van der Waals surface area contributed by atoms with E-state index < -0.39 is 24.0 Å². The molecule has 2 rings (SSSR count). The highest BCUT2D eigenvalue weighted by atomic mass is 32.1. The average molecular weight is 311 g/mol. The molecule has 0 bridgehead atoms. The summed E-state index contributed by atoms with van der Waals surface area (Å²) in [5.41, 5.74) is 1.21. The molecule has 1 aliphatic carbocycles. The summed E-state index contributed by atoms with van der Waals surface area (Å²) in [6.45, 7) is 3.53. The van der Waals surface area contributed by atoms with Crippen molar-refractivity contribution in [3.8, 4) is 0 Å². The molecule has 0 radical (unpaired) electrons. The van der Waals surface area contributed by atoms with Gasteiger partial charge in [-0.25, -0.2) is 4.79 Å². The second-order valence-corrected chi connectivity index (χ2v) is 6.74. The summed E-state index contributed by atoms with van der Waals surface area (Å²) in [6.07, 6.45) is 3.14. The minimum absolute atomic E-state index is 0.421. The molecule has 1 unspecified atom stereocenters. The molecule has 116 valence electrons. The first-order valence-electron chi connectivity index (χ1n) is 7.25. The number of aliphatic hydroxyl groups is 1. The average Bonchev–Trinajstić information content (AvgIpc) is 2.86. The highest BCUT2D eigenvalue weighted by Gasteiger charge is 2.27. The molecule has 5 nitrogen and oxygen atoms in total. The number of nitrogens with one attached hydrogen (secondary N) is 1. The number of carboxylic acid groups (broad SMARTS) is 1. The van der Waals surface area contributed by atoms with Gasteiger partial charge in [-0.05, 0) is 43.7 Å². The number of carbonyl (C=O) groups is 2. The largest absolute Gasteiger partial charge is 0.480 e. The molecular formula is C15H21NO4S. The SMILES string of the molecule is CCC1CCc2sc(C(=O)N[C@H](C(=O)O)[C@@H](C)O)cc2C1. The van der Waals surface area contributed by atoms with Crippen LogP contribution in [0.4, 0.5) is 0 Å². The zero-order valence-electron chi connectivity index (χ0n) is 12.3. The number of aryl methyl sites for hydroxylation is 1. The number of carboxylic acids is 1.